The van der Waals surface area contributed by atoms with Gasteiger partial charge in [0.15, 0.2) is 0 Å². The molecule has 0 aliphatic heterocycles. The average molecular weight is 280 g/mol. The number of hydrogen-bond donors (Lipinski definition) is 0. The lowest BCUT2D eigenvalue weighted by molar-refractivity contribution is 0.461. The number of benzene rings is 1. The molecule has 17 heavy (non-hydrogen) atoms. The zero-order valence-electron chi connectivity index (χ0n) is 9.28. The molecule has 0 saturated carbocycles. The molecule has 0 radical (unpaired) electrons. The molecule has 1 rings (SSSR count). The summed E-state index contributed by atoms with van der Waals surface area (Å²) in [7, 11) is -8.20. The Bertz CT molecular complexity index is 559. The lowest BCUT2D eigenvalue weighted by Gasteiger charge is -2.08. The second kappa shape index (κ2) is 6.10. The van der Waals surface area contributed by atoms with Crippen LogP contribution in [0.4, 0.5) is 0 Å². The Hall–Kier alpha value is -0.960. The molecule has 0 heterocycles. The van der Waals surface area contributed by atoms with E-state index in [2.05, 4.69) is 0 Å². The van der Waals surface area contributed by atoms with Crippen molar-refractivity contribution in [1.29, 1.82) is 0 Å². The average Bonchev–Trinajstić information content (AvgIpc) is 2.16. The van der Waals surface area contributed by atoms with E-state index < -0.39 is 20.2 Å². The fraction of sp³-hybridized carbons (Fsp3) is 0.333. The van der Waals surface area contributed by atoms with Crippen LogP contribution in [-0.2, 0) is 20.2 Å². The SMILES string of the molecule is CCS(=O)(=O)[O-].Cc1ccccc1S(=O)(=O)[O-]. The first kappa shape index (κ1) is 16.0. The van der Waals surface area contributed by atoms with E-state index in [9.17, 15) is 25.9 Å². The minimum Gasteiger partial charge on any atom is -0.748 e. The first-order chi connectivity index (χ1) is 7.58. The maximum Gasteiger partial charge on any atom is 0.124 e. The second-order valence-electron chi connectivity index (χ2n) is 3.07. The molecule has 0 aromatic heterocycles. The molecule has 0 bridgehead atoms. The van der Waals surface area contributed by atoms with Gasteiger partial charge >= 0.3 is 0 Å². The van der Waals surface area contributed by atoms with Crippen molar-refractivity contribution in [2.75, 3.05) is 5.75 Å². The molecular weight excluding hydrogens is 268 g/mol. The van der Waals surface area contributed by atoms with Gasteiger partial charge in [-0.2, -0.15) is 0 Å². The molecule has 0 aliphatic carbocycles. The molecule has 0 amide bonds. The normalized spacial score (nSPS) is 11.5. The molecule has 1 aromatic rings. The van der Waals surface area contributed by atoms with Crippen LogP contribution in [0.25, 0.3) is 0 Å². The first-order valence-electron chi connectivity index (χ1n) is 4.53. The van der Waals surface area contributed by atoms with Crippen LogP contribution in [-0.4, -0.2) is 31.7 Å². The molecular formula is C9H12O6S2-2. The lowest BCUT2D eigenvalue weighted by atomic mass is 10.2. The zero-order valence-corrected chi connectivity index (χ0v) is 10.9. The van der Waals surface area contributed by atoms with Crippen LogP contribution in [0, 0.1) is 6.92 Å². The van der Waals surface area contributed by atoms with Crippen LogP contribution < -0.4 is 0 Å². The molecule has 0 aliphatic rings. The minimum atomic E-state index is -4.28. The van der Waals surface area contributed by atoms with Gasteiger partial charge in [-0.3, -0.25) is 0 Å². The van der Waals surface area contributed by atoms with E-state index in [1.165, 1.54) is 19.1 Å². The summed E-state index contributed by atoms with van der Waals surface area (Å²) in [4.78, 5) is -0.139. The summed E-state index contributed by atoms with van der Waals surface area (Å²) in [6, 6.07) is 6.10. The highest BCUT2D eigenvalue weighted by Crippen LogP contribution is 2.12. The fourth-order valence-electron chi connectivity index (χ4n) is 0.837. The molecule has 6 nitrogen and oxygen atoms in total. The summed E-state index contributed by atoms with van der Waals surface area (Å²) in [6.45, 7) is 2.90. The van der Waals surface area contributed by atoms with Crippen LogP contribution in [0.3, 0.4) is 0 Å². The van der Waals surface area contributed by atoms with Gasteiger partial charge in [-0.1, -0.05) is 25.1 Å². The van der Waals surface area contributed by atoms with Crippen LogP contribution in [0.5, 0.6) is 0 Å². The van der Waals surface area contributed by atoms with E-state index in [-0.39, 0.29) is 10.6 Å². The minimum absolute atomic E-state index is 0.139. The van der Waals surface area contributed by atoms with E-state index in [1.54, 1.807) is 19.1 Å². The predicted octanol–water partition coefficient (Wildman–Crippen LogP) is 0.451. The van der Waals surface area contributed by atoms with Crippen molar-refractivity contribution in [3.05, 3.63) is 29.8 Å². The molecule has 98 valence electrons. The highest BCUT2D eigenvalue weighted by atomic mass is 32.2. The maximum atomic E-state index is 10.5. The molecule has 8 heteroatoms. The van der Waals surface area contributed by atoms with Crippen molar-refractivity contribution < 1.29 is 25.9 Å². The van der Waals surface area contributed by atoms with Gasteiger partial charge in [0.05, 0.1) is 15.0 Å². The molecule has 0 N–H and O–H groups in total. The van der Waals surface area contributed by atoms with Gasteiger partial charge in [0.1, 0.15) is 10.1 Å². The van der Waals surface area contributed by atoms with E-state index in [4.69, 9.17) is 0 Å². The van der Waals surface area contributed by atoms with Gasteiger partial charge in [0, 0.05) is 5.75 Å². The molecule has 0 unspecified atom stereocenters. The summed E-state index contributed by atoms with van der Waals surface area (Å²) in [5.74, 6) is -0.312. The topological polar surface area (TPSA) is 114 Å². The number of hydrogen-bond acceptors (Lipinski definition) is 6. The lowest BCUT2D eigenvalue weighted by Crippen LogP contribution is -2.00. The third-order valence-electron chi connectivity index (χ3n) is 1.72. The molecule has 0 saturated heterocycles. The van der Waals surface area contributed by atoms with E-state index in [0.29, 0.717) is 5.56 Å². The Labute approximate surface area is 101 Å². The zero-order chi connectivity index (χ0) is 13.7. The molecule has 0 atom stereocenters. The molecule has 0 spiro atoms. The smallest absolute Gasteiger partial charge is 0.124 e. The summed E-state index contributed by atoms with van der Waals surface area (Å²) >= 11 is 0. The van der Waals surface area contributed by atoms with Crippen LogP contribution in [0.1, 0.15) is 12.5 Å². The van der Waals surface area contributed by atoms with Gasteiger partial charge in [0.2, 0.25) is 0 Å². The summed E-state index contributed by atoms with van der Waals surface area (Å²) in [5, 5.41) is 0. The predicted molar refractivity (Wildman–Crippen MR) is 59.4 cm³/mol. The van der Waals surface area contributed by atoms with E-state index in [1.807, 2.05) is 0 Å². The maximum absolute atomic E-state index is 10.5. The third-order valence-corrected chi connectivity index (χ3v) is 3.42. The Morgan fingerprint density at radius 3 is 1.71 bits per heavy atom. The quantitative estimate of drug-likeness (QED) is 0.726. The first-order valence-corrected chi connectivity index (χ1v) is 7.51. The largest absolute Gasteiger partial charge is 0.748 e. The highest BCUT2D eigenvalue weighted by molar-refractivity contribution is 7.86. The van der Waals surface area contributed by atoms with E-state index >= 15 is 0 Å². The van der Waals surface area contributed by atoms with Crippen molar-refractivity contribution in [3.63, 3.8) is 0 Å². The monoisotopic (exact) mass is 280 g/mol. The summed E-state index contributed by atoms with van der Waals surface area (Å²) < 4.78 is 59.8. The summed E-state index contributed by atoms with van der Waals surface area (Å²) in [6.07, 6.45) is 0. The number of rotatable bonds is 2. The Kier molecular flexibility index (Phi) is 5.76. The van der Waals surface area contributed by atoms with Crippen molar-refractivity contribution in [2.24, 2.45) is 0 Å². The van der Waals surface area contributed by atoms with Gasteiger partial charge < -0.3 is 9.11 Å². The van der Waals surface area contributed by atoms with Gasteiger partial charge in [-0.05, 0) is 18.6 Å². The Balaban J connectivity index is 0.000000366. The number of aryl methyl sites for hydroxylation is 1. The van der Waals surface area contributed by atoms with Crippen molar-refractivity contribution >= 4 is 20.2 Å². The third kappa shape index (κ3) is 7.05. The van der Waals surface area contributed by atoms with Crippen LogP contribution >= 0.6 is 0 Å². The van der Waals surface area contributed by atoms with Crippen LogP contribution in [0.15, 0.2) is 29.2 Å². The molecule has 0 fully saturated rings. The second-order valence-corrected chi connectivity index (χ2v) is 6.11. The van der Waals surface area contributed by atoms with Crippen molar-refractivity contribution in [1.82, 2.24) is 0 Å². The Morgan fingerprint density at radius 2 is 1.47 bits per heavy atom. The van der Waals surface area contributed by atoms with Crippen molar-refractivity contribution in [3.8, 4) is 0 Å². The van der Waals surface area contributed by atoms with Gasteiger partial charge in [-0.15, -0.1) is 0 Å². The van der Waals surface area contributed by atoms with Gasteiger partial charge in [0.25, 0.3) is 0 Å². The van der Waals surface area contributed by atoms with E-state index in [0.717, 1.165) is 0 Å². The fourth-order valence-corrected chi connectivity index (χ4v) is 1.54. The molecule has 1 aromatic carbocycles. The van der Waals surface area contributed by atoms with Crippen LogP contribution in [0.2, 0.25) is 0 Å². The summed E-state index contributed by atoms with van der Waals surface area (Å²) in [5.41, 5.74) is 0.488. The highest BCUT2D eigenvalue weighted by Gasteiger charge is 2.02. The Morgan fingerprint density at radius 1 is 1.06 bits per heavy atom. The standard InChI is InChI=1S/C7H8O3S.C2H6O3S/c1-6-4-2-3-5-7(6)11(8,9)10;1-2-6(3,4)5/h2-5H,1H3,(H,8,9,10);2H2,1H3,(H,3,4,5)/p-2. The van der Waals surface area contributed by atoms with Crippen molar-refractivity contribution in [2.45, 2.75) is 18.7 Å². The van der Waals surface area contributed by atoms with Gasteiger partial charge in [-0.25, -0.2) is 16.8 Å².